The van der Waals surface area contributed by atoms with Crippen molar-refractivity contribution in [3.05, 3.63) is 0 Å². The largest absolute Gasteiger partial charge is 0.0718 e. The Hall–Kier alpha value is 0.651. The lowest BCUT2D eigenvalue weighted by atomic mass is 10.6. The highest BCUT2D eigenvalue weighted by molar-refractivity contribution is 7.39. The Morgan fingerprint density at radius 3 is 1.80 bits per heavy atom. The normalized spacial score (nSPS) is 13.5. The highest BCUT2D eigenvalue weighted by atomic mass is 29.5. The van der Waals surface area contributed by atoms with E-state index in [4.69, 9.17) is 0 Å². The molecule has 0 aliphatic rings. The standard InChI is InChI=1S/C7H22Si3/c1-4-6-10(3,9-8)7-5-2/h4-7,9H2,1-3,8H3. The first-order valence-corrected chi connectivity index (χ1v) is 15.6. The lowest BCUT2D eigenvalue weighted by Gasteiger charge is -2.24. The first-order valence-electron chi connectivity index (χ1n) is 4.68. The van der Waals surface area contributed by atoms with Crippen LogP contribution in [0.5, 0.6) is 0 Å². The van der Waals surface area contributed by atoms with Gasteiger partial charge in [0.05, 0.1) is 0 Å². The quantitative estimate of drug-likeness (QED) is 0.564. The van der Waals surface area contributed by atoms with E-state index in [2.05, 4.69) is 20.4 Å². The smallest absolute Gasteiger partial charge is 0.0336 e. The van der Waals surface area contributed by atoms with Crippen molar-refractivity contribution in [1.29, 1.82) is 0 Å². The van der Waals surface area contributed by atoms with Gasteiger partial charge in [-0.05, 0) is 9.76 Å². The first-order chi connectivity index (χ1) is 4.68. The summed E-state index contributed by atoms with van der Waals surface area (Å²) in [4.78, 5) is 0. The summed E-state index contributed by atoms with van der Waals surface area (Å²) in [5.74, 6) is 0. The summed E-state index contributed by atoms with van der Waals surface area (Å²) in [5, 5.41) is 0. The summed E-state index contributed by atoms with van der Waals surface area (Å²) in [6.45, 7) is 7.36. The van der Waals surface area contributed by atoms with E-state index in [0.29, 0.717) is 8.55 Å². The Morgan fingerprint density at radius 1 is 1.20 bits per heavy atom. The van der Waals surface area contributed by atoms with E-state index < -0.39 is 7.59 Å². The molecule has 0 amide bonds. The molecule has 0 aromatic carbocycles. The summed E-state index contributed by atoms with van der Waals surface area (Å²) in [7, 11) is 1.54. The molecule has 0 saturated carbocycles. The van der Waals surface area contributed by atoms with Crippen LogP contribution in [0.25, 0.3) is 0 Å². The maximum atomic E-state index is 2.65. The molecule has 0 heterocycles. The van der Waals surface area contributed by atoms with E-state index in [-0.39, 0.29) is 0 Å². The molecule has 3 heteroatoms. The molecule has 0 unspecified atom stereocenters. The molecular formula is C7H22Si3. The maximum Gasteiger partial charge on any atom is 0.0336 e. The van der Waals surface area contributed by atoms with Gasteiger partial charge < -0.3 is 0 Å². The van der Waals surface area contributed by atoms with Crippen molar-refractivity contribution in [2.45, 2.75) is 45.3 Å². The monoisotopic (exact) mass is 190 g/mol. The minimum absolute atomic E-state index is 0.487. The van der Waals surface area contributed by atoms with Crippen molar-refractivity contribution in [3.63, 3.8) is 0 Å². The van der Waals surface area contributed by atoms with Crippen LogP contribution < -0.4 is 0 Å². The Labute approximate surface area is 71.6 Å². The van der Waals surface area contributed by atoms with Gasteiger partial charge in [-0.3, -0.25) is 0 Å². The zero-order chi connectivity index (χ0) is 8.04. The third kappa shape index (κ3) is 3.73. The van der Waals surface area contributed by atoms with Crippen LogP contribution >= 0.6 is 0 Å². The van der Waals surface area contributed by atoms with E-state index >= 15 is 0 Å². The van der Waals surface area contributed by atoms with Crippen molar-refractivity contribution >= 4 is 25.9 Å². The van der Waals surface area contributed by atoms with Crippen LogP contribution in [0.4, 0.5) is 0 Å². The van der Waals surface area contributed by atoms with Crippen LogP contribution in [-0.2, 0) is 0 Å². The molecule has 62 valence electrons. The molecule has 0 aliphatic carbocycles. The van der Waals surface area contributed by atoms with E-state index in [1.54, 1.807) is 21.8 Å². The fourth-order valence-electron chi connectivity index (χ4n) is 1.69. The zero-order valence-electron chi connectivity index (χ0n) is 8.04. The second-order valence-electron chi connectivity index (χ2n) is 3.66. The zero-order valence-corrected chi connectivity index (χ0v) is 12.4. The molecule has 0 aromatic heterocycles. The van der Waals surface area contributed by atoms with Gasteiger partial charge in [-0.1, -0.05) is 45.3 Å². The van der Waals surface area contributed by atoms with Gasteiger partial charge in [0.2, 0.25) is 0 Å². The number of rotatable bonds is 5. The van der Waals surface area contributed by atoms with Crippen molar-refractivity contribution in [1.82, 2.24) is 0 Å². The SMILES string of the molecule is CCC[Si](C)(CCC)[SiH2][SiH3]. The third-order valence-corrected chi connectivity index (χ3v) is 30.3. The minimum Gasteiger partial charge on any atom is -0.0718 e. The topological polar surface area (TPSA) is 0 Å². The summed E-state index contributed by atoms with van der Waals surface area (Å²) < 4.78 is 0. The van der Waals surface area contributed by atoms with Gasteiger partial charge in [-0.2, -0.15) is 0 Å². The third-order valence-electron chi connectivity index (χ3n) is 2.56. The molecule has 0 fully saturated rings. The van der Waals surface area contributed by atoms with E-state index in [0.717, 1.165) is 0 Å². The van der Waals surface area contributed by atoms with E-state index in [9.17, 15) is 0 Å². The van der Waals surface area contributed by atoms with Crippen LogP contribution in [0.3, 0.4) is 0 Å². The molecule has 10 heavy (non-hydrogen) atoms. The highest BCUT2D eigenvalue weighted by Crippen LogP contribution is 2.16. The predicted molar refractivity (Wildman–Crippen MR) is 60.3 cm³/mol. The van der Waals surface area contributed by atoms with Gasteiger partial charge in [-0.15, -0.1) is 0 Å². The Balaban J connectivity index is 3.69. The Bertz CT molecular complexity index is 76.9. The van der Waals surface area contributed by atoms with Crippen molar-refractivity contribution in [2.24, 2.45) is 0 Å². The summed E-state index contributed by atoms with van der Waals surface area (Å²) >= 11 is 0. The second-order valence-corrected chi connectivity index (χ2v) is 22.6. The molecule has 0 saturated heterocycles. The van der Waals surface area contributed by atoms with Crippen molar-refractivity contribution in [3.8, 4) is 0 Å². The molecule has 0 aromatic rings. The van der Waals surface area contributed by atoms with Gasteiger partial charge in [0, 0.05) is 16.1 Å². The molecule has 0 atom stereocenters. The number of hydrogen-bond donors (Lipinski definition) is 0. The van der Waals surface area contributed by atoms with Gasteiger partial charge in [0.15, 0.2) is 0 Å². The second kappa shape index (κ2) is 5.32. The van der Waals surface area contributed by atoms with E-state index in [1.807, 2.05) is 0 Å². The Kier molecular flexibility index (Phi) is 5.67. The fraction of sp³-hybridized carbons (Fsp3) is 1.00. The molecule has 0 radical (unpaired) electrons. The van der Waals surface area contributed by atoms with E-state index in [1.165, 1.54) is 12.8 Å². The molecule has 0 N–H and O–H groups in total. The summed E-state index contributed by atoms with van der Waals surface area (Å²) in [6.07, 6.45) is 2.91. The predicted octanol–water partition coefficient (Wildman–Crippen LogP) is 0.831. The molecule has 0 bridgehead atoms. The van der Waals surface area contributed by atoms with Gasteiger partial charge in [0.25, 0.3) is 0 Å². The first kappa shape index (κ1) is 10.7. The van der Waals surface area contributed by atoms with Crippen LogP contribution in [0.2, 0.25) is 18.6 Å². The van der Waals surface area contributed by atoms with Gasteiger partial charge >= 0.3 is 0 Å². The summed E-state index contributed by atoms with van der Waals surface area (Å²) in [6, 6.07) is 3.27. The van der Waals surface area contributed by atoms with Crippen molar-refractivity contribution < 1.29 is 0 Å². The molecule has 0 rings (SSSR count). The number of hydrogen-bond acceptors (Lipinski definition) is 0. The summed E-state index contributed by atoms with van der Waals surface area (Å²) in [5.41, 5.74) is 0. The van der Waals surface area contributed by atoms with Crippen LogP contribution in [-0.4, -0.2) is 25.9 Å². The lowest BCUT2D eigenvalue weighted by Crippen LogP contribution is -2.38. The van der Waals surface area contributed by atoms with Crippen LogP contribution in [0.1, 0.15) is 26.7 Å². The van der Waals surface area contributed by atoms with Gasteiger partial charge in [-0.25, -0.2) is 0 Å². The van der Waals surface area contributed by atoms with Gasteiger partial charge in [0.1, 0.15) is 0 Å². The maximum absolute atomic E-state index is 2.65. The minimum atomic E-state index is -0.523. The lowest BCUT2D eigenvalue weighted by molar-refractivity contribution is 0.998. The Morgan fingerprint density at radius 2 is 1.60 bits per heavy atom. The average molecular weight is 191 g/mol. The molecule has 0 aliphatic heterocycles. The molecule has 0 nitrogen and oxygen atoms in total. The molecule has 0 spiro atoms. The van der Waals surface area contributed by atoms with Crippen LogP contribution in [0, 0.1) is 0 Å². The van der Waals surface area contributed by atoms with Crippen LogP contribution in [0.15, 0.2) is 0 Å². The fourth-order valence-corrected chi connectivity index (χ4v) is 15.7. The molecular weight excluding hydrogens is 168 g/mol. The average Bonchev–Trinajstić information content (AvgIpc) is 1.89. The highest BCUT2D eigenvalue weighted by Gasteiger charge is 2.21. The van der Waals surface area contributed by atoms with Crippen molar-refractivity contribution in [2.75, 3.05) is 0 Å².